The Hall–Kier alpha value is -2.09. The minimum Gasteiger partial charge on any atom is -0.454 e. The molecule has 2 aliphatic heterocycles. The Kier molecular flexibility index (Phi) is 6.32. The Morgan fingerprint density at radius 3 is 2.63 bits per heavy atom. The average Bonchev–Trinajstić information content (AvgIpc) is 3.37. The molecule has 0 aromatic heterocycles. The van der Waals surface area contributed by atoms with Gasteiger partial charge < -0.3 is 14.4 Å². The van der Waals surface area contributed by atoms with Gasteiger partial charge >= 0.3 is 0 Å². The van der Waals surface area contributed by atoms with Crippen molar-refractivity contribution in [3.05, 3.63) is 59.2 Å². The van der Waals surface area contributed by atoms with Crippen LogP contribution >= 0.6 is 0 Å². The third-order valence-corrected chi connectivity index (χ3v) is 6.12. The van der Waals surface area contributed by atoms with Crippen LogP contribution in [0, 0.1) is 0 Å². The van der Waals surface area contributed by atoms with E-state index < -0.39 is 10.1 Å². The fraction of sp³-hybridized carbons (Fsp3) is 0.478. The number of benzene rings is 2. The molecule has 3 aliphatic rings. The molecule has 0 unspecified atom stereocenters. The highest BCUT2D eigenvalue weighted by molar-refractivity contribution is 7.85. The Morgan fingerprint density at radius 1 is 1.10 bits per heavy atom. The van der Waals surface area contributed by atoms with E-state index in [0.717, 1.165) is 17.9 Å². The minimum absolute atomic E-state index is 0.376. The molecule has 0 radical (unpaired) electrons. The van der Waals surface area contributed by atoms with E-state index in [9.17, 15) is 8.42 Å². The van der Waals surface area contributed by atoms with Gasteiger partial charge in [-0.2, -0.15) is 8.42 Å². The van der Waals surface area contributed by atoms with Crippen molar-refractivity contribution in [3.8, 4) is 11.5 Å². The van der Waals surface area contributed by atoms with Gasteiger partial charge in [-0.05, 0) is 61.3 Å². The van der Waals surface area contributed by atoms with Gasteiger partial charge in [-0.3, -0.25) is 4.55 Å². The topological polar surface area (TPSA) is 76.1 Å². The SMILES string of the molecule is CS(=O)(=O)O.c1ccc([C@H]2CCN(C[C@@H]3CCCc4c3ccc3c4OCO3)C2)cc1. The number of rotatable bonds is 3. The van der Waals surface area contributed by atoms with Crippen LogP contribution in [-0.2, 0) is 16.5 Å². The van der Waals surface area contributed by atoms with Crippen LogP contribution in [0.2, 0.25) is 0 Å². The molecule has 1 N–H and O–H groups in total. The summed E-state index contributed by atoms with van der Waals surface area (Å²) in [6.45, 7) is 3.97. The molecule has 5 rings (SSSR count). The second kappa shape index (κ2) is 8.96. The largest absolute Gasteiger partial charge is 0.454 e. The lowest BCUT2D eigenvalue weighted by Gasteiger charge is -2.30. The van der Waals surface area contributed by atoms with Crippen molar-refractivity contribution in [2.24, 2.45) is 0 Å². The van der Waals surface area contributed by atoms with Crippen molar-refractivity contribution in [3.63, 3.8) is 0 Å². The zero-order chi connectivity index (χ0) is 21.1. The van der Waals surface area contributed by atoms with Crippen molar-refractivity contribution in [2.45, 2.75) is 37.5 Å². The molecule has 6 nitrogen and oxygen atoms in total. The van der Waals surface area contributed by atoms with Crippen LogP contribution < -0.4 is 9.47 Å². The van der Waals surface area contributed by atoms with Crippen LogP contribution in [0.1, 0.15) is 47.8 Å². The summed E-state index contributed by atoms with van der Waals surface area (Å²) in [7, 11) is -3.67. The van der Waals surface area contributed by atoms with Crippen LogP contribution in [0.15, 0.2) is 42.5 Å². The monoisotopic (exact) mass is 431 g/mol. The second-order valence-corrected chi connectivity index (χ2v) is 9.81. The lowest BCUT2D eigenvalue weighted by Crippen LogP contribution is -2.28. The maximum absolute atomic E-state index is 9.19. The lowest BCUT2D eigenvalue weighted by atomic mass is 9.82. The van der Waals surface area contributed by atoms with Crippen LogP contribution in [0.5, 0.6) is 11.5 Å². The number of ether oxygens (including phenoxy) is 2. The number of hydrogen-bond acceptors (Lipinski definition) is 5. The van der Waals surface area contributed by atoms with E-state index in [0.29, 0.717) is 24.9 Å². The van der Waals surface area contributed by atoms with E-state index in [2.05, 4.69) is 47.4 Å². The summed E-state index contributed by atoms with van der Waals surface area (Å²) < 4.78 is 37.2. The van der Waals surface area contributed by atoms with E-state index in [4.69, 9.17) is 14.0 Å². The van der Waals surface area contributed by atoms with Crippen molar-refractivity contribution in [1.82, 2.24) is 4.90 Å². The number of hydrogen-bond donors (Lipinski definition) is 1. The summed E-state index contributed by atoms with van der Waals surface area (Å²) in [5.41, 5.74) is 4.40. The molecule has 30 heavy (non-hydrogen) atoms. The van der Waals surface area contributed by atoms with Gasteiger partial charge in [0, 0.05) is 18.7 Å². The van der Waals surface area contributed by atoms with Gasteiger partial charge in [0.25, 0.3) is 10.1 Å². The summed E-state index contributed by atoms with van der Waals surface area (Å²) in [5.74, 6) is 3.28. The Labute approximate surface area is 178 Å². The highest BCUT2D eigenvalue weighted by atomic mass is 32.2. The first-order valence-electron chi connectivity index (χ1n) is 10.5. The third kappa shape index (κ3) is 5.14. The Morgan fingerprint density at radius 2 is 1.87 bits per heavy atom. The first-order valence-corrected chi connectivity index (χ1v) is 12.3. The molecular weight excluding hydrogens is 402 g/mol. The molecule has 162 valence electrons. The van der Waals surface area contributed by atoms with Crippen LogP contribution in [-0.4, -0.2) is 50.6 Å². The van der Waals surface area contributed by atoms with E-state index in [1.807, 2.05) is 0 Å². The number of nitrogens with zero attached hydrogens (tertiary/aromatic N) is 1. The molecule has 0 saturated carbocycles. The molecule has 1 fully saturated rings. The van der Waals surface area contributed by atoms with Crippen molar-refractivity contribution in [2.75, 3.05) is 32.7 Å². The molecule has 1 aliphatic carbocycles. The molecular formula is C23H29NO5S. The molecule has 0 spiro atoms. The third-order valence-electron chi connectivity index (χ3n) is 6.12. The molecule has 7 heteroatoms. The van der Waals surface area contributed by atoms with Crippen LogP contribution in [0.3, 0.4) is 0 Å². The van der Waals surface area contributed by atoms with Gasteiger partial charge in [0.1, 0.15) is 0 Å². The Balaban J connectivity index is 0.000000393. The summed E-state index contributed by atoms with van der Waals surface area (Å²) in [6.07, 6.45) is 5.68. The molecule has 1 saturated heterocycles. The molecule has 2 heterocycles. The Bertz CT molecular complexity index is 969. The van der Waals surface area contributed by atoms with Gasteiger partial charge in [-0.25, -0.2) is 0 Å². The summed E-state index contributed by atoms with van der Waals surface area (Å²) in [4.78, 5) is 2.67. The van der Waals surface area contributed by atoms with Gasteiger partial charge in [0.05, 0.1) is 6.26 Å². The number of likely N-dealkylation sites (tertiary alicyclic amines) is 1. The standard InChI is InChI=1S/C22H25NO2.CH4O3S/c1-2-5-16(6-3-1)17-11-12-23(13-17)14-18-7-4-8-20-19(18)9-10-21-22(20)25-15-24-21;1-5(2,3)4/h1-3,5-6,9-10,17-18H,4,7-8,11-15H2;1H3,(H,2,3,4)/t17-,18-;/m0./s1. The molecule has 2 aromatic carbocycles. The highest BCUT2D eigenvalue weighted by Crippen LogP contribution is 2.44. The second-order valence-electron chi connectivity index (χ2n) is 8.35. The minimum atomic E-state index is -3.67. The predicted octanol–water partition coefficient (Wildman–Crippen LogP) is 3.83. The summed E-state index contributed by atoms with van der Waals surface area (Å²) >= 11 is 0. The molecule has 2 atom stereocenters. The normalized spacial score (nSPS) is 22.9. The highest BCUT2D eigenvalue weighted by Gasteiger charge is 2.31. The predicted molar refractivity (Wildman–Crippen MR) is 116 cm³/mol. The zero-order valence-electron chi connectivity index (χ0n) is 17.3. The fourth-order valence-electron chi connectivity index (χ4n) is 4.86. The summed E-state index contributed by atoms with van der Waals surface area (Å²) in [5, 5.41) is 0. The molecule has 0 amide bonds. The van der Waals surface area contributed by atoms with Gasteiger partial charge in [0.15, 0.2) is 11.5 Å². The van der Waals surface area contributed by atoms with Gasteiger partial charge in [0.2, 0.25) is 6.79 Å². The maximum atomic E-state index is 9.19. The average molecular weight is 432 g/mol. The lowest BCUT2D eigenvalue weighted by molar-refractivity contribution is 0.173. The van der Waals surface area contributed by atoms with E-state index >= 15 is 0 Å². The van der Waals surface area contributed by atoms with E-state index in [-0.39, 0.29) is 0 Å². The van der Waals surface area contributed by atoms with Crippen molar-refractivity contribution in [1.29, 1.82) is 0 Å². The first-order chi connectivity index (χ1) is 14.4. The van der Waals surface area contributed by atoms with Crippen molar-refractivity contribution >= 4 is 10.1 Å². The van der Waals surface area contributed by atoms with Gasteiger partial charge in [-0.1, -0.05) is 36.4 Å². The van der Waals surface area contributed by atoms with Crippen molar-refractivity contribution < 1.29 is 22.4 Å². The molecule has 2 aromatic rings. The van der Waals surface area contributed by atoms with Crippen LogP contribution in [0.25, 0.3) is 0 Å². The van der Waals surface area contributed by atoms with E-state index in [1.54, 1.807) is 0 Å². The van der Waals surface area contributed by atoms with Gasteiger partial charge in [-0.15, -0.1) is 0 Å². The quantitative estimate of drug-likeness (QED) is 0.745. The zero-order valence-corrected chi connectivity index (χ0v) is 18.1. The maximum Gasteiger partial charge on any atom is 0.261 e. The van der Waals surface area contributed by atoms with E-state index in [1.165, 1.54) is 55.6 Å². The molecule has 0 bridgehead atoms. The van der Waals surface area contributed by atoms with Crippen LogP contribution in [0.4, 0.5) is 0 Å². The number of fused-ring (bicyclic) bond motifs is 3. The smallest absolute Gasteiger partial charge is 0.261 e. The summed E-state index contributed by atoms with van der Waals surface area (Å²) in [6, 6.07) is 15.4. The first kappa shape index (κ1) is 21.2. The fourth-order valence-corrected chi connectivity index (χ4v) is 4.86.